The van der Waals surface area contributed by atoms with Crippen molar-refractivity contribution in [2.24, 2.45) is 0 Å². The minimum absolute atomic E-state index is 0.0375. The van der Waals surface area contributed by atoms with Gasteiger partial charge in [0.25, 0.3) is 5.91 Å². The van der Waals surface area contributed by atoms with Gasteiger partial charge in [-0.15, -0.1) is 0 Å². The van der Waals surface area contributed by atoms with Crippen molar-refractivity contribution in [1.82, 2.24) is 14.9 Å². The number of hydrogen-bond acceptors (Lipinski definition) is 4. The molecule has 0 spiro atoms. The first-order valence-corrected chi connectivity index (χ1v) is 8.58. The van der Waals surface area contributed by atoms with Crippen molar-refractivity contribution in [3.05, 3.63) is 53.5 Å². The Hall–Kier alpha value is -2.43. The predicted octanol–water partition coefficient (Wildman–Crippen LogP) is 2.91. The van der Waals surface area contributed by atoms with Crippen molar-refractivity contribution in [1.29, 1.82) is 0 Å². The number of rotatable bonds is 5. The van der Waals surface area contributed by atoms with E-state index in [1.807, 2.05) is 13.1 Å². The third-order valence-electron chi connectivity index (χ3n) is 4.52. The van der Waals surface area contributed by atoms with Crippen molar-refractivity contribution >= 4 is 11.7 Å². The zero-order valence-corrected chi connectivity index (χ0v) is 14.4. The zero-order chi connectivity index (χ0) is 16.9. The van der Waals surface area contributed by atoms with Crippen LogP contribution < -0.4 is 4.90 Å². The summed E-state index contributed by atoms with van der Waals surface area (Å²) in [6, 6.07) is 10.3. The summed E-state index contributed by atoms with van der Waals surface area (Å²) < 4.78 is 0. The molecule has 0 unspecified atom stereocenters. The zero-order valence-electron chi connectivity index (χ0n) is 14.4. The van der Waals surface area contributed by atoms with Gasteiger partial charge in [-0.05, 0) is 24.0 Å². The number of unbranched alkanes of at least 4 members (excludes halogenated alkanes) is 1. The van der Waals surface area contributed by atoms with E-state index in [0.717, 1.165) is 44.7 Å². The topological polar surface area (TPSA) is 49.3 Å². The third-order valence-corrected chi connectivity index (χ3v) is 4.52. The van der Waals surface area contributed by atoms with Gasteiger partial charge in [0.05, 0.1) is 0 Å². The predicted molar refractivity (Wildman–Crippen MR) is 95.1 cm³/mol. The fourth-order valence-electron chi connectivity index (χ4n) is 3.02. The van der Waals surface area contributed by atoms with Crippen LogP contribution in [0.2, 0.25) is 0 Å². The van der Waals surface area contributed by atoms with E-state index in [1.54, 1.807) is 4.90 Å². The molecule has 1 aliphatic rings. The monoisotopic (exact) mass is 324 g/mol. The van der Waals surface area contributed by atoms with Crippen LogP contribution in [-0.4, -0.2) is 40.9 Å². The highest BCUT2D eigenvalue weighted by Gasteiger charge is 2.19. The van der Waals surface area contributed by atoms with Crippen LogP contribution in [0.5, 0.6) is 0 Å². The minimum atomic E-state index is -0.0375. The van der Waals surface area contributed by atoms with Gasteiger partial charge in [-0.3, -0.25) is 4.79 Å². The molecule has 0 saturated carbocycles. The molecule has 3 rings (SSSR count). The van der Waals surface area contributed by atoms with E-state index < -0.39 is 0 Å². The first-order valence-electron chi connectivity index (χ1n) is 8.58. The van der Waals surface area contributed by atoms with Crippen molar-refractivity contribution in [3.8, 4) is 0 Å². The highest BCUT2D eigenvalue weighted by Crippen LogP contribution is 2.23. The number of fused-ring (bicyclic) bond motifs is 1. The van der Waals surface area contributed by atoms with Crippen LogP contribution in [0.3, 0.4) is 0 Å². The number of nitrogens with zero attached hydrogens (tertiary/aromatic N) is 4. The number of carbonyl (C=O) groups excluding carboxylic acids is 1. The van der Waals surface area contributed by atoms with Gasteiger partial charge in [0.2, 0.25) is 0 Å². The van der Waals surface area contributed by atoms with Gasteiger partial charge in [-0.25, -0.2) is 9.97 Å². The Kier molecular flexibility index (Phi) is 5.08. The summed E-state index contributed by atoms with van der Waals surface area (Å²) in [6.07, 6.45) is 4.57. The lowest BCUT2D eigenvalue weighted by atomic mass is 10.00. The summed E-state index contributed by atoms with van der Waals surface area (Å²) in [5, 5.41) is 0. The van der Waals surface area contributed by atoms with Gasteiger partial charge in [0.15, 0.2) is 0 Å². The molecule has 0 aliphatic carbocycles. The van der Waals surface area contributed by atoms with Gasteiger partial charge >= 0.3 is 0 Å². The van der Waals surface area contributed by atoms with Gasteiger partial charge in [-0.1, -0.05) is 37.6 Å². The van der Waals surface area contributed by atoms with E-state index in [1.165, 1.54) is 17.5 Å². The molecule has 1 aromatic carbocycles. The Labute approximate surface area is 143 Å². The highest BCUT2D eigenvalue weighted by atomic mass is 16.2. The van der Waals surface area contributed by atoms with Crippen LogP contribution in [-0.2, 0) is 13.0 Å². The van der Waals surface area contributed by atoms with Crippen LogP contribution in [0.25, 0.3) is 0 Å². The molecule has 1 aliphatic heterocycles. The molecular formula is C19H24N4O. The summed E-state index contributed by atoms with van der Waals surface area (Å²) in [5.74, 6) is 0.788. The Bertz CT molecular complexity index is 716. The number of hydrogen-bond donors (Lipinski definition) is 0. The minimum Gasteiger partial charge on any atom is -0.352 e. The fraction of sp³-hybridized carbons (Fsp3) is 0.421. The summed E-state index contributed by atoms with van der Waals surface area (Å²) in [4.78, 5) is 25.0. The maximum absolute atomic E-state index is 12.5. The van der Waals surface area contributed by atoms with Crippen LogP contribution in [0.4, 0.5) is 5.82 Å². The quantitative estimate of drug-likeness (QED) is 0.848. The van der Waals surface area contributed by atoms with Gasteiger partial charge in [0, 0.05) is 32.7 Å². The third kappa shape index (κ3) is 3.55. The molecule has 0 saturated heterocycles. The molecule has 0 atom stereocenters. The number of anilines is 1. The van der Waals surface area contributed by atoms with Crippen LogP contribution >= 0.6 is 0 Å². The van der Waals surface area contributed by atoms with E-state index in [2.05, 4.69) is 46.1 Å². The summed E-state index contributed by atoms with van der Waals surface area (Å²) in [5.41, 5.74) is 3.20. The molecule has 0 radical (unpaired) electrons. The largest absolute Gasteiger partial charge is 0.352 e. The van der Waals surface area contributed by atoms with E-state index in [4.69, 9.17) is 0 Å². The van der Waals surface area contributed by atoms with Gasteiger partial charge in [-0.2, -0.15) is 0 Å². The highest BCUT2D eigenvalue weighted by molar-refractivity contribution is 5.92. The van der Waals surface area contributed by atoms with Crippen molar-refractivity contribution in [3.63, 3.8) is 0 Å². The molecule has 0 fully saturated rings. The Balaban J connectivity index is 1.75. The molecule has 1 amide bonds. The summed E-state index contributed by atoms with van der Waals surface area (Å²) in [7, 11) is 1.83. The number of benzene rings is 1. The van der Waals surface area contributed by atoms with Crippen molar-refractivity contribution in [2.75, 3.05) is 25.0 Å². The lowest BCUT2D eigenvalue weighted by molar-refractivity contribution is 0.0787. The van der Waals surface area contributed by atoms with E-state index in [0.29, 0.717) is 5.69 Å². The molecule has 1 aromatic heterocycles. The molecule has 2 aromatic rings. The Morgan fingerprint density at radius 2 is 2.04 bits per heavy atom. The van der Waals surface area contributed by atoms with E-state index in [-0.39, 0.29) is 5.91 Å². The second-order valence-corrected chi connectivity index (χ2v) is 6.28. The van der Waals surface area contributed by atoms with Crippen LogP contribution in [0.15, 0.2) is 36.7 Å². The normalized spacial score (nSPS) is 13.5. The molecule has 5 nitrogen and oxygen atoms in total. The SMILES string of the molecule is CCCCN(C)C(=O)c1cc(N2CCc3ccccc3C2)ncn1. The Morgan fingerprint density at radius 3 is 2.83 bits per heavy atom. The van der Waals surface area contributed by atoms with Crippen LogP contribution in [0, 0.1) is 0 Å². The number of aromatic nitrogens is 2. The summed E-state index contributed by atoms with van der Waals surface area (Å²) in [6.45, 7) is 4.61. The second-order valence-electron chi connectivity index (χ2n) is 6.28. The lowest BCUT2D eigenvalue weighted by Gasteiger charge is -2.29. The average molecular weight is 324 g/mol. The molecule has 126 valence electrons. The average Bonchev–Trinajstić information content (AvgIpc) is 2.65. The smallest absolute Gasteiger partial charge is 0.272 e. The number of amides is 1. The van der Waals surface area contributed by atoms with Crippen LogP contribution in [0.1, 0.15) is 41.4 Å². The van der Waals surface area contributed by atoms with Crippen molar-refractivity contribution in [2.45, 2.75) is 32.7 Å². The molecular weight excluding hydrogens is 300 g/mol. The second kappa shape index (κ2) is 7.43. The number of carbonyl (C=O) groups is 1. The standard InChI is InChI=1S/C19H24N4O/c1-3-4-10-22(2)19(24)17-12-18(21-14-20-17)23-11-9-15-7-5-6-8-16(15)13-23/h5-8,12,14H,3-4,9-11,13H2,1-2H3. The molecule has 0 bridgehead atoms. The maximum Gasteiger partial charge on any atom is 0.272 e. The molecule has 0 N–H and O–H groups in total. The van der Waals surface area contributed by atoms with Crippen molar-refractivity contribution < 1.29 is 4.79 Å². The van der Waals surface area contributed by atoms with Gasteiger partial charge in [0.1, 0.15) is 17.8 Å². The fourth-order valence-corrected chi connectivity index (χ4v) is 3.02. The summed E-state index contributed by atoms with van der Waals surface area (Å²) >= 11 is 0. The first kappa shape index (κ1) is 16.4. The van der Waals surface area contributed by atoms with E-state index in [9.17, 15) is 4.79 Å². The Morgan fingerprint density at radius 1 is 1.25 bits per heavy atom. The lowest BCUT2D eigenvalue weighted by Crippen LogP contribution is -2.32. The van der Waals surface area contributed by atoms with E-state index >= 15 is 0 Å². The molecule has 5 heteroatoms. The maximum atomic E-state index is 12.5. The molecule has 2 heterocycles. The molecule has 24 heavy (non-hydrogen) atoms. The first-order chi connectivity index (χ1) is 11.7. The van der Waals surface area contributed by atoms with Gasteiger partial charge < -0.3 is 9.80 Å².